The highest BCUT2D eigenvalue weighted by Gasteiger charge is 2.19. The number of benzene rings is 3. The number of halogens is 1. The van der Waals surface area contributed by atoms with Gasteiger partial charge in [-0.3, -0.25) is 4.79 Å². The number of amides is 1. The number of morpholine rings is 1. The van der Waals surface area contributed by atoms with Gasteiger partial charge < -0.3 is 19.4 Å². The Kier molecular flexibility index (Phi) is 6.10. The molecule has 2 heterocycles. The average molecular weight is 458 g/mol. The molecule has 0 saturated carbocycles. The van der Waals surface area contributed by atoms with Crippen LogP contribution in [0, 0.1) is 12.7 Å². The highest BCUT2D eigenvalue weighted by molar-refractivity contribution is 6.08. The minimum Gasteiger partial charge on any atom is -0.436 e. The SMILES string of the molecule is Cc1ccc(-c2cnc(-c3ccccc3C(=O)Nc3ccc(N4CCOCC4)c(F)c3)o2)cc1. The molecule has 4 aromatic rings. The zero-order valence-electron chi connectivity index (χ0n) is 18.8. The van der Waals surface area contributed by atoms with Crippen molar-refractivity contribution in [1.29, 1.82) is 0 Å². The average Bonchev–Trinajstić information content (AvgIpc) is 3.35. The molecule has 1 saturated heterocycles. The standard InChI is InChI=1S/C27H24FN3O3/c1-18-6-8-19(9-7-18)25-17-29-27(34-25)22-5-3-2-4-21(22)26(32)30-20-10-11-24(23(28)16-20)31-12-14-33-15-13-31/h2-11,16-17H,12-15H2,1H3,(H,30,32). The van der Waals surface area contributed by atoms with Gasteiger partial charge in [0.15, 0.2) is 5.76 Å². The van der Waals surface area contributed by atoms with Crippen molar-refractivity contribution in [3.8, 4) is 22.8 Å². The van der Waals surface area contributed by atoms with Crippen LogP contribution in [0.25, 0.3) is 22.8 Å². The van der Waals surface area contributed by atoms with E-state index in [0.717, 1.165) is 11.1 Å². The minimum atomic E-state index is -0.386. The Morgan fingerprint density at radius 2 is 1.79 bits per heavy atom. The van der Waals surface area contributed by atoms with Crippen molar-refractivity contribution in [2.75, 3.05) is 36.5 Å². The third-order valence-corrected chi connectivity index (χ3v) is 5.80. The topological polar surface area (TPSA) is 67.6 Å². The molecular formula is C27H24FN3O3. The molecule has 1 aliphatic heterocycles. The van der Waals surface area contributed by atoms with Gasteiger partial charge in [0.25, 0.3) is 5.91 Å². The summed E-state index contributed by atoms with van der Waals surface area (Å²) in [7, 11) is 0. The van der Waals surface area contributed by atoms with Gasteiger partial charge in [0.2, 0.25) is 5.89 Å². The molecule has 0 radical (unpaired) electrons. The zero-order chi connectivity index (χ0) is 23.5. The summed E-state index contributed by atoms with van der Waals surface area (Å²) < 4.78 is 26.1. The number of hydrogen-bond acceptors (Lipinski definition) is 5. The quantitative estimate of drug-likeness (QED) is 0.426. The van der Waals surface area contributed by atoms with Gasteiger partial charge in [0, 0.05) is 29.9 Å². The second-order valence-corrected chi connectivity index (χ2v) is 8.16. The maximum atomic E-state index is 14.8. The van der Waals surface area contributed by atoms with E-state index in [-0.39, 0.29) is 11.7 Å². The summed E-state index contributed by atoms with van der Waals surface area (Å²) in [5, 5.41) is 2.79. The number of oxazole rings is 1. The van der Waals surface area contributed by atoms with Crippen molar-refractivity contribution >= 4 is 17.3 Å². The Balaban J connectivity index is 1.37. The third kappa shape index (κ3) is 4.56. The Bertz CT molecular complexity index is 1310. The molecule has 0 spiro atoms. The van der Waals surface area contributed by atoms with E-state index < -0.39 is 0 Å². The van der Waals surface area contributed by atoms with Crippen molar-refractivity contribution in [2.24, 2.45) is 0 Å². The van der Waals surface area contributed by atoms with Gasteiger partial charge in [0.1, 0.15) is 5.82 Å². The number of carbonyl (C=O) groups excluding carboxylic acids is 1. The van der Waals surface area contributed by atoms with Crippen LogP contribution >= 0.6 is 0 Å². The molecule has 1 N–H and O–H groups in total. The molecule has 6 nitrogen and oxygen atoms in total. The maximum absolute atomic E-state index is 14.8. The molecule has 0 unspecified atom stereocenters. The normalized spacial score (nSPS) is 13.6. The van der Waals surface area contributed by atoms with Crippen LogP contribution in [-0.4, -0.2) is 37.2 Å². The third-order valence-electron chi connectivity index (χ3n) is 5.80. The molecule has 5 rings (SSSR count). The second-order valence-electron chi connectivity index (χ2n) is 8.16. The van der Waals surface area contributed by atoms with Crippen LogP contribution in [-0.2, 0) is 4.74 Å². The van der Waals surface area contributed by atoms with Crippen LogP contribution in [0.4, 0.5) is 15.8 Å². The largest absolute Gasteiger partial charge is 0.436 e. The lowest BCUT2D eigenvalue weighted by atomic mass is 10.1. The summed E-state index contributed by atoms with van der Waals surface area (Å²) in [5.41, 5.74) is 3.88. The van der Waals surface area contributed by atoms with Crippen LogP contribution in [0.1, 0.15) is 15.9 Å². The van der Waals surface area contributed by atoms with E-state index in [2.05, 4.69) is 10.3 Å². The number of aryl methyl sites for hydroxylation is 1. The van der Waals surface area contributed by atoms with E-state index in [1.165, 1.54) is 6.07 Å². The number of anilines is 2. The maximum Gasteiger partial charge on any atom is 0.256 e. The van der Waals surface area contributed by atoms with Crippen molar-refractivity contribution in [2.45, 2.75) is 6.92 Å². The first-order valence-corrected chi connectivity index (χ1v) is 11.1. The first-order chi connectivity index (χ1) is 16.6. The molecule has 1 aromatic heterocycles. The fourth-order valence-electron chi connectivity index (χ4n) is 3.96. The van der Waals surface area contributed by atoms with Gasteiger partial charge in [-0.2, -0.15) is 0 Å². The summed E-state index contributed by atoms with van der Waals surface area (Å²) in [6, 6.07) is 19.7. The lowest BCUT2D eigenvalue weighted by Gasteiger charge is -2.29. The highest BCUT2D eigenvalue weighted by atomic mass is 19.1. The number of hydrogen-bond donors (Lipinski definition) is 1. The van der Waals surface area contributed by atoms with Crippen LogP contribution in [0.3, 0.4) is 0 Å². The van der Waals surface area contributed by atoms with Gasteiger partial charge in [0.05, 0.1) is 30.7 Å². The Morgan fingerprint density at radius 3 is 2.56 bits per heavy atom. The minimum absolute atomic E-state index is 0.343. The summed E-state index contributed by atoms with van der Waals surface area (Å²) in [6.45, 7) is 4.43. The van der Waals surface area contributed by atoms with Gasteiger partial charge in [-0.1, -0.05) is 42.0 Å². The molecular weight excluding hydrogens is 433 g/mol. The summed E-state index contributed by atoms with van der Waals surface area (Å²) in [4.78, 5) is 19.4. The second kappa shape index (κ2) is 9.49. The predicted octanol–water partition coefficient (Wildman–Crippen LogP) is 5.55. The summed E-state index contributed by atoms with van der Waals surface area (Å²) in [6.07, 6.45) is 1.65. The van der Waals surface area contributed by atoms with Crippen LogP contribution < -0.4 is 10.2 Å². The van der Waals surface area contributed by atoms with Gasteiger partial charge >= 0.3 is 0 Å². The smallest absolute Gasteiger partial charge is 0.256 e. The predicted molar refractivity (Wildman–Crippen MR) is 129 cm³/mol. The number of rotatable bonds is 5. The van der Waals surface area contributed by atoms with E-state index in [9.17, 15) is 9.18 Å². The summed E-state index contributed by atoms with van der Waals surface area (Å²) in [5.74, 6) is 0.203. The van der Waals surface area contributed by atoms with Crippen molar-refractivity contribution in [3.63, 3.8) is 0 Å². The molecule has 0 aliphatic carbocycles. The molecule has 1 aliphatic rings. The van der Waals surface area contributed by atoms with Crippen molar-refractivity contribution in [1.82, 2.24) is 4.98 Å². The molecule has 7 heteroatoms. The molecule has 1 fully saturated rings. The van der Waals surface area contributed by atoms with Crippen LogP contribution in [0.15, 0.2) is 77.3 Å². The lowest BCUT2D eigenvalue weighted by Crippen LogP contribution is -2.36. The van der Waals surface area contributed by atoms with E-state index in [4.69, 9.17) is 9.15 Å². The fourth-order valence-corrected chi connectivity index (χ4v) is 3.96. The van der Waals surface area contributed by atoms with Crippen LogP contribution in [0.2, 0.25) is 0 Å². The van der Waals surface area contributed by atoms with Crippen molar-refractivity contribution < 1.29 is 18.3 Å². The molecule has 0 atom stereocenters. The van der Waals surface area contributed by atoms with Gasteiger partial charge in [-0.25, -0.2) is 9.37 Å². The van der Waals surface area contributed by atoms with Gasteiger partial charge in [-0.05, 0) is 37.3 Å². The number of nitrogens with one attached hydrogen (secondary N) is 1. The first-order valence-electron chi connectivity index (χ1n) is 11.1. The number of carbonyl (C=O) groups is 1. The fraction of sp³-hybridized carbons (Fsp3) is 0.185. The van der Waals surface area contributed by atoms with Gasteiger partial charge in [-0.15, -0.1) is 0 Å². The zero-order valence-corrected chi connectivity index (χ0v) is 18.8. The molecule has 3 aromatic carbocycles. The number of nitrogens with zero attached hydrogens (tertiary/aromatic N) is 2. The monoisotopic (exact) mass is 457 g/mol. The number of aromatic nitrogens is 1. The molecule has 34 heavy (non-hydrogen) atoms. The molecule has 0 bridgehead atoms. The Labute approximate surface area is 197 Å². The van der Waals surface area contributed by atoms with Crippen molar-refractivity contribution in [3.05, 3.63) is 89.9 Å². The van der Waals surface area contributed by atoms with Crippen LogP contribution in [0.5, 0.6) is 0 Å². The molecule has 172 valence electrons. The molecule has 1 amide bonds. The lowest BCUT2D eigenvalue weighted by molar-refractivity contribution is 0.102. The summed E-state index contributed by atoms with van der Waals surface area (Å²) >= 11 is 0. The van der Waals surface area contributed by atoms with E-state index in [1.54, 1.807) is 36.5 Å². The highest BCUT2D eigenvalue weighted by Crippen LogP contribution is 2.29. The number of ether oxygens (including phenoxy) is 1. The van der Waals surface area contributed by atoms with E-state index >= 15 is 0 Å². The van der Waals surface area contributed by atoms with E-state index in [0.29, 0.717) is 60.5 Å². The van der Waals surface area contributed by atoms with E-state index in [1.807, 2.05) is 42.2 Å². The Morgan fingerprint density at radius 1 is 1.03 bits per heavy atom. The first kappa shape index (κ1) is 21.9. The Hall–Kier alpha value is -3.97.